The summed E-state index contributed by atoms with van der Waals surface area (Å²) in [5.74, 6) is 0. The van der Waals surface area contributed by atoms with Crippen LogP contribution in [0.3, 0.4) is 0 Å². The molecule has 2 fully saturated rings. The maximum absolute atomic E-state index is 10.9. The van der Waals surface area contributed by atoms with Gasteiger partial charge in [-0.25, -0.2) is 0 Å². The Morgan fingerprint density at radius 3 is 2.52 bits per heavy atom. The van der Waals surface area contributed by atoms with Crippen molar-refractivity contribution in [3.63, 3.8) is 0 Å². The van der Waals surface area contributed by atoms with Gasteiger partial charge in [0, 0.05) is 12.7 Å². The van der Waals surface area contributed by atoms with Crippen molar-refractivity contribution >= 4 is 10.8 Å². The van der Waals surface area contributed by atoms with Crippen molar-refractivity contribution in [1.29, 1.82) is 0 Å². The molecule has 6 nitrogen and oxygen atoms in total. The van der Waals surface area contributed by atoms with Crippen molar-refractivity contribution in [3.8, 4) is 0 Å². The second kappa shape index (κ2) is 9.04. The van der Waals surface area contributed by atoms with Crippen LogP contribution in [0.5, 0.6) is 0 Å². The van der Waals surface area contributed by atoms with E-state index in [1.807, 2.05) is 48.5 Å². The molecule has 1 N–H and O–H groups in total. The number of aliphatic hydroxyl groups excluding tert-OH is 1. The maximum Gasteiger partial charge on any atom is 0.186 e. The lowest BCUT2D eigenvalue weighted by Crippen LogP contribution is -2.62. The van der Waals surface area contributed by atoms with Crippen molar-refractivity contribution in [3.05, 3.63) is 83.9 Å². The molecular weight excluding hydrogens is 396 g/mol. The van der Waals surface area contributed by atoms with Crippen LogP contribution in [-0.4, -0.2) is 49.5 Å². The maximum atomic E-state index is 10.9. The summed E-state index contributed by atoms with van der Waals surface area (Å²) in [5.41, 5.74) is 1.94. The predicted octanol–water partition coefficient (Wildman–Crippen LogP) is 3.57. The Kier molecular flexibility index (Phi) is 6.00. The number of fused-ring (bicyclic) bond motifs is 2. The highest BCUT2D eigenvalue weighted by molar-refractivity contribution is 5.82. The first kappa shape index (κ1) is 20.6. The van der Waals surface area contributed by atoms with Crippen molar-refractivity contribution in [2.24, 2.45) is 0 Å². The van der Waals surface area contributed by atoms with Gasteiger partial charge in [0.1, 0.15) is 24.4 Å². The third kappa shape index (κ3) is 4.23. The molecule has 0 aromatic heterocycles. The zero-order valence-corrected chi connectivity index (χ0v) is 17.3. The van der Waals surface area contributed by atoms with E-state index in [-0.39, 0.29) is 0 Å². The number of methoxy groups -OCH3 is 1. The van der Waals surface area contributed by atoms with E-state index in [1.54, 1.807) is 0 Å². The van der Waals surface area contributed by atoms with Gasteiger partial charge in [-0.2, -0.15) is 0 Å². The first-order chi connectivity index (χ1) is 15.2. The zero-order chi connectivity index (χ0) is 21.2. The van der Waals surface area contributed by atoms with Crippen LogP contribution in [0, 0.1) is 0 Å². The second-order valence-electron chi connectivity index (χ2n) is 7.90. The summed E-state index contributed by atoms with van der Waals surface area (Å²) >= 11 is 0. The molecule has 0 radical (unpaired) electrons. The number of hydrogen-bond donors (Lipinski definition) is 1. The SMILES string of the molecule is COC1OC2COC(c3ccccc3)OC2[C@H](OCc2ccc3ccccc3c2)[C@H]1O. The molecule has 3 aromatic carbocycles. The predicted molar refractivity (Wildman–Crippen MR) is 114 cm³/mol. The highest BCUT2D eigenvalue weighted by atomic mass is 16.8. The van der Waals surface area contributed by atoms with Gasteiger partial charge in [0.2, 0.25) is 0 Å². The summed E-state index contributed by atoms with van der Waals surface area (Å²) < 4.78 is 29.5. The van der Waals surface area contributed by atoms with E-state index >= 15 is 0 Å². The Morgan fingerprint density at radius 2 is 1.71 bits per heavy atom. The zero-order valence-electron chi connectivity index (χ0n) is 17.3. The molecule has 0 spiro atoms. The summed E-state index contributed by atoms with van der Waals surface area (Å²) in [6.07, 6.45) is -3.82. The molecular formula is C25H26O6. The standard InChI is InChI=1S/C25H26O6/c1-27-25-21(26)23(28-14-16-11-12-17-7-5-6-10-19(17)13-16)22-20(30-25)15-29-24(31-22)18-8-3-2-4-9-18/h2-13,20-26H,14-15H2,1H3/t20?,21-,22?,23-,24?,25?/m1/s1. The summed E-state index contributed by atoms with van der Waals surface area (Å²) in [6, 6.07) is 24.1. The summed E-state index contributed by atoms with van der Waals surface area (Å²) in [6.45, 7) is 0.666. The van der Waals surface area contributed by atoms with Crippen LogP contribution in [0.25, 0.3) is 10.8 Å². The smallest absolute Gasteiger partial charge is 0.186 e. The molecule has 2 aliphatic heterocycles. The minimum absolute atomic E-state index is 0.326. The van der Waals surface area contributed by atoms with Crippen molar-refractivity contribution in [1.82, 2.24) is 0 Å². The van der Waals surface area contributed by atoms with Gasteiger partial charge in [0.05, 0.1) is 13.2 Å². The molecule has 3 aromatic rings. The summed E-state index contributed by atoms with van der Waals surface area (Å²) in [5, 5.41) is 13.2. The Balaban J connectivity index is 1.35. The van der Waals surface area contributed by atoms with Gasteiger partial charge in [0.15, 0.2) is 12.6 Å². The number of ether oxygens (including phenoxy) is 5. The molecule has 0 saturated carbocycles. The normalized spacial score (nSPS) is 30.8. The third-order valence-corrected chi connectivity index (χ3v) is 5.87. The molecule has 0 amide bonds. The van der Waals surface area contributed by atoms with Crippen LogP contribution in [0.1, 0.15) is 17.4 Å². The lowest BCUT2D eigenvalue weighted by Gasteiger charge is -2.47. The van der Waals surface area contributed by atoms with Gasteiger partial charge in [-0.3, -0.25) is 0 Å². The highest BCUT2D eigenvalue weighted by Gasteiger charge is 2.50. The number of hydrogen-bond acceptors (Lipinski definition) is 6. The summed E-state index contributed by atoms with van der Waals surface area (Å²) in [4.78, 5) is 0. The average Bonchev–Trinajstić information content (AvgIpc) is 2.83. The average molecular weight is 422 g/mol. The fourth-order valence-corrected chi connectivity index (χ4v) is 4.25. The third-order valence-electron chi connectivity index (χ3n) is 5.87. The highest BCUT2D eigenvalue weighted by Crippen LogP contribution is 2.35. The molecule has 162 valence electrons. The van der Waals surface area contributed by atoms with Crippen molar-refractivity contribution in [2.75, 3.05) is 13.7 Å². The second-order valence-corrected chi connectivity index (χ2v) is 7.90. The number of rotatable bonds is 5. The van der Waals surface area contributed by atoms with Gasteiger partial charge in [-0.1, -0.05) is 66.7 Å². The Morgan fingerprint density at radius 1 is 0.935 bits per heavy atom. The van der Waals surface area contributed by atoms with Crippen LogP contribution < -0.4 is 0 Å². The molecule has 31 heavy (non-hydrogen) atoms. The van der Waals surface area contributed by atoms with E-state index in [0.29, 0.717) is 13.2 Å². The van der Waals surface area contributed by atoms with Gasteiger partial charge in [-0.05, 0) is 22.4 Å². The van der Waals surface area contributed by atoms with E-state index in [1.165, 1.54) is 12.5 Å². The minimum atomic E-state index is -0.985. The largest absolute Gasteiger partial charge is 0.385 e. The summed E-state index contributed by atoms with van der Waals surface area (Å²) in [7, 11) is 1.51. The lowest BCUT2D eigenvalue weighted by atomic mass is 9.97. The molecule has 0 bridgehead atoms. The van der Waals surface area contributed by atoms with Gasteiger partial charge < -0.3 is 28.8 Å². The fraction of sp³-hybridized carbons (Fsp3) is 0.360. The Bertz CT molecular complexity index is 1010. The van der Waals surface area contributed by atoms with E-state index in [4.69, 9.17) is 23.7 Å². The van der Waals surface area contributed by atoms with E-state index in [2.05, 4.69) is 24.3 Å². The van der Waals surface area contributed by atoms with Gasteiger partial charge >= 0.3 is 0 Å². The van der Waals surface area contributed by atoms with Crippen molar-refractivity contribution < 1.29 is 28.8 Å². The Labute approximate surface area is 181 Å². The minimum Gasteiger partial charge on any atom is -0.385 e. The molecule has 6 atom stereocenters. The van der Waals surface area contributed by atoms with E-state index in [0.717, 1.165) is 16.5 Å². The van der Waals surface area contributed by atoms with Crippen LogP contribution in [-0.2, 0) is 30.3 Å². The van der Waals surface area contributed by atoms with Crippen LogP contribution in [0.15, 0.2) is 72.8 Å². The first-order valence-electron chi connectivity index (χ1n) is 10.5. The molecule has 6 heteroatoms. The number of aliphatic hydroxyl groups is 1. The van der Waals surface area contributed by atoms with E-state index < -0.39 is 37.0 Å². The van der Waals surface area contributed by atoms with Crippen LogP contribution in [0.4, 0.5) is 0 Å². The molecule has 2 saturated heterocycles. The fourth-order valence-electron chi connectivity index (χ4n) is 4.25. The lowest BCUT2D eigenvalue weighted by molar-refractivity contribution is -0.363. The van der Waals surface area contributed by atoms with Crippen LogP contribution in [0.2, 0.25) is 0 Å². The van der Waals surface area contributed by atoms with Crippen molar-refractivity contribution in [2.45, 2.75) is 43.6 Å². The topological polar surface area (TPSA) is 66.4 Å². The van der Waals surface area contributed by atoms with Crippen LogP contribution >= 0.6 is 0 Å². The number of benzene rings is 3. The molecule has 2 heterocycles. The Hall–Kier alpha value is -2.32. The van der Waals surface area contributed by atoms with Gasteiger partial charge in [-0.15, -0.1) is 0 Å². The van der Waals surface area contributed by atoms with E-state index in [9.17, 15) is 5.11 Å². The molecule has 2 aliphatic rings. The first-order valence-corrected chi connectivity index (χ1v) is 10.5. The monoisotopic (exact) mass is 422 g/mol. The van der Waals surface area contributed by atoms with Gasteiger partial charge in [0.25, 0.3) is 0 Å². The molecule has 0 aliphatic carbocycles. The quantitative estimate of drug-likeness (QED) is 0.678. The molecule has 4 unspecified atom stereocenters. The molecule has 5 rings (SSSR count).